The topological polar surface area (TPSA) is 59.8 Å². The Labute approximate surface area is 148 Å². The second-order valence-corrected chi connectivity index (χ2v) is 6.84. The zero-order valence-electron chi connectivity index (χ0n) is 13.4. The Kier molecular flexibility index (Phi) is 4.01. The first-order valence-corrected chi connectivity index (χ1v) is 8.86. The van der Waals surface area contributed by atoms with Gasteiger partial charge in [-0.05, 0) is 36.8 Å². The van der Waals surface area contributed by atoms with Gasteiger partial charge in [0, 0.05) is 11.8 Å². The maximum Gasteiger partial charge on any atom is 0.235 e. The zero-order chi connectivity index (χ0) is 17.4. The molecule has 25 heavy (non-hydrogen) atoms. The number of hydrogen-bond donors (Lipinski definition) is 1. The molecule has 1 aromatic carbocycles. The van der Waals surface area contributed by atoms with E-state index in [1.807, 2.05) is 31.2 Å². The Hall–Kier alpha value is -2.67. The van der Waals surface area contributed by atoms with Gasteiger partial charge in [0.1, 0.15) is 11.6 Å². The Morgan fingerprint density at radius 1 is 1.28 bits per heavy atom. The van der Waals surface area contributed by atoms with Crippen LogP contribution < -0.4 is 5.32 Å². The van der Waals surface area contributed by atoms with Crippen LogP contribution in [0.5, 0.6) is 0 Å². The second kappa shape index (κ2) is 6.33. The maximum absolute atomic E-state index is 13.7. The smallest absolute Gasteiger partial charge is 0.235 e. The Balaban J connectivity index is 1.90. The summed E-state index contributed by atoms with van der Waals surface area (Å²) in [6.45, 7) is 1.89. The molecule has 126 valence electrons. The van der Waals surface area contributed by atoms with Crippen LogP contribution in [0.25, 0.3) is 5.82 Å². The van der Waals surface area contributed by atoms with E-state index in [2.05, 4.69) is 15.4 Å². The number of thioether (sulfide) groups is 1. The molecule has 2 aromatic heterocycles. The van der Waals surface area contributed by atoms with E-state index in [-0.39, 0.29) is 22.7 Å². The van der Waals surface area contributed by atoms with Crippen LogP contribution in [0.4, 0.5) is 10.2 Å². The van der Waals surface area contributed by atoms with Crippen LogP contribution in [0.3, 0.4) is 0 Å². The zero-order valence-corrected chi connectivity index (χ0v) is 14.3. The number of amides is 1. The van der Waals surface area contributed by atoms with Crippen molar-refractivity contribution >= 4 is 23.5 Å². The molecule has 3 heterocycles. The second-order valence-electron chi connectivity index (χ2n) is 5.74. The molecule has 0 fully saturated rings. The summed E-state index contributed by atoms with van der Waals surface area (Å²) in [5.41, 5.74) is 2.48. The number of fused-ring (bicyclic) bond motifs is 1. The van der Waals surface area contributed by atoms with Crippen molar-refractivity contribution in [2.75, 3.05) is 11.1 Å². The van der Waals surface area contributed by atoms with E-state index < -0.39 is 0 Å². The number of carbonyl (C=O) groups is 1. The fourth-order valence-electron chi connectivity index (χ4n) is 2.96. The first-order chi connectivity index (χ1) is 12.1. The number of carbonyl (C=O) groups excluding carboxylic acids is 1. The third kappa shape index (κ3) is 2.91. The van der Waals surface area contributed by atoms with Gasteiger partial charge >= 0.3 is 0 Å². The highest BCUT2D eigenvalue weighted by Crippen LogP contribution is 2.43. The number of nitrogens with zero attached hydrogens (tertiary/aromatic N) is 3. The van der Waals surface area contributed by atoms with E-state index in [9.17, 15) is 9.18 Å². The highest BCUT2D eigenvalue weighted by Gasteiger charge is 2.30. The van der Waals surface area contributed by atoms with Gasteiger partial charge in [-0.1, -0.05) is 18.2 Å². The van der Waals surface area contributed by atoms with E-state index in [1.54, 1.807) is 16.9 Å². The average molecular weight is 354 g/mol. The molecule has 0 unspecified atom stereocenters. The van der Waals surface area contributed by atoms with Crippen molar-refractivity contribution in [3.8, 4) is 5.82 Å². The fraction of sp³-hybridized carbons (Fsp3) is 0.167. The van der Waals surface area contributed by atoms with Gasteiger partial charge in [-0.3, -0.25) is 4.79 Å². The maximum atomic E-state index is 13.7. The minimum atomic E-state index is -0.294. The predicted octanol–water partition coefficient (Wildman–Crippen LogP) is 3.49. The van der Waals surface area contributed by atoms with E-state index in [0.717, 1.165) is 16.8 Å². The van der Waals surface area contributed by atoms with Gasteiger partial charge in [-0.25, -0.2) is 9.37 Å². The van der Waals surface area contributed by atoms with Crippen LogP contribution in [0.2, 0.25) is 0 Å². The van der Waals surface area contributed by atoms with E-state index in [1.165, 1.54) is 23.9 Å². The van der Waals surface area contributed by atoms with Crippen LogP contribution >= 0.6 is 11.8 Å². The van der Waals surface area contributed by atoms with Gasteiger partial charge in [0.05, 0.1) is 16.7 Å². The van der Waals surface area contributed by atoms with Crippen LogP contribution in [-0.2, 0) is 4.79 Å². The molecule has 7 heteroatoms. The lowest BCUT2D eigenvalue weighted by Gasteiger charge is -2.15. The molecule has 1 aliphatic heterocycles. The van der Waals surface area contributed by atoms with Crippen LogP contribution in [0.15, 0.2) is 48.7 Å². The van der Waals surface area contributed by atoms with Crippen LogP contribution in [0.1, 0.15) is 22.1 Å². The highest BCUT2D eigenvalue weighted by atomic mass is 32.2. The third-order valence-corrected chi connectivity index (χ3v) is 5.30. The van der Waals surface area contributed by atoms with Crippen molar-refractivity contribution in [2.24, 2.45) is 0 Å². The molecule has 0 saturated carbocycles. The summed E-state index contributed by atoms with van der Waals surface area (Å²) in [7, 11) is 0. The van der Waals surface area contributed by atoms with Gasteiger partial charge in [0.2, 0.25) is 5.91 Å². The summed E-state index contributed by atoms with van der Waals surface area (Å²) in [6, 6.07) is 12.0. The number of rotatable bonds is 2. The van der Waals surface area contributed by atoms with Crippen molar-refractivity contribution in [1.29, 1.82) is 0 Å². The lowest BCUT2D eigenvalue weighted by molar-refractivity contribution is -0.113. The molecule has 1 atom stereocenters. The Morgan fingerprint density at radius 3 is 2.92 bits per heavy atom. The lowest BCUT2D eigenvalue weighted by atomic mass is 10.0. The number of benzene rings is 1. The lowest BCUT2D eigenvalue weighted by Crippen LogP contribution is -2.16. The molecule has 0 spiro atoms. The average Bonchev–Trinajstić information content (AvgIpc) is 2.82. The van der Waals surface area contributed by atoms with E-state index in [4.69, 9.17) is 0 Å². The van der Waals surface area contributed by atoms with E-state index in [0.29, 0.717) is 11.6 Å². The number of aromatic nitrogens is 3. The standard InChI is InChI=1S/C18H15FN4OS/c1-11-16-17(12-5-4-6-13(19)9-12)25-10-15(24)21-18(16)23(22-11)14-7-2-3-8-20-14/h2-9,17H,10H2,1H3,(H,21,24)/t17-/m1/s1. The Morgan fingerprint density at radius 2 is 2.16 bits per heavy atom. The number of hydrogen-bond acceptors (Lipinski definition) is 4. The van der Waals surface area contributed by atoms with Crippen molar-refractivity contribution in [2.45, 2.75) is 12.2 Å². The molecule has 1 N–H and O–H groups in total. The van der Waals surface area contributed by atoms with Crippen molar-refractivity contribution in [3.05, 3.63) is 71.3 Å². The van der Waals surface area contributed by atoms with Gasteiger partial charge in [-0.2, -0.15) is 9.78 Å². The molecule has 0 bridgehead atoms. The molecule has 3 aromatic rings. The largest absolute Gasteiger partial charge is 0.310 e. The molecule has 4 rings (SSSR count). The molecule has 0 aliphatic carbocycles. The summed E-state index contributed by atoms with van der Waals surface area (Å²) in [4.78, 5) is 16.5. The van der Waals surface area contributed by atoms with Gasteiger partial charge in [-0.15, -0.1) is 11.8 Å². The fourth-order valence-corrected chi connectivity index (χ4v) is 4.14. The number of halogens is 1. The predicted molar refractivity (Wildman–Crippen MR) is 95.4 cm³/mol. The number of nitrogens with one attached hydrogen (secondary N) is 1. The summed E-state index contributed by atoms with van der Waals surface area (Å²) in [5, 5.41) is 7.32. The van der Waals surface area contributed by atoms with Gasteiger partial charge in [0.15, 0.2) is 5.82 Å². The number of aryl methyl sites for hydroxylation is 1. The summed E-state index contributed by atoms with van der Waals surface area (Å²) < 4.78 is 15.4. The van der Waals surface area contributed by atoms with Crippen molar-refractivity contribution < 1.29 is 9.18 Å². The first kappa shape index (κ1) is 15.8. The monoisotopic (exact) mass is 354 g/mol. The molecule has 0 radical (unpaired) electrons. The molecule has 1 amide bonds. The summed E-state index contributed by atoms with van der Waals surface area (Å²) in [5.74, 6) is 1.11. The quantitative estimate of drug-likeness (QED) is 0.765. The molecule has 1 aliphatic rings. The summed E-state index contributed by atoms with van der Waals surface area (Å²) >= 11 is 1.47. The minimum Gasteiger partial charge on any atom is -0.310 e. The number of anilines is 1. The summed E-state index contributed by atoms with van der Waals surface area (Å²) in [6.07, 6.45) is 1.68. The van der Waals surface area contributed by atoms with Crippen molar-refractivity contribution in [1.82, 2.24) is 14.8 Å². The van der Waals surface area contributed by atoms with Gasteiger partial charge in [0.25, 0.3) is 0 Å². The number of pyridine rings is 1. The first-order valence-electron chi connectivity index (χ1n) is 7.81. The Bertz CT molecular complexity index is 942. The van der Waals surface area contributed by atoms with Crippen molar-refractivity contribution in [3.63, 3.8) is 0 Å². The molecule has 0 saturated heterocycles. The van der Waals surface area contributed by atoms with Crippen LogP contribution in [-0.4, -0.2) is 26.4 Å². The highest BCUT2D eigenvalue weighted by molar-refractivity contribution is 8.00. The molecule has 5 nitrogen and oxygen atoms in total. The van der Waals surface area contributed by atoms with E-state index >= 15 is 0 Å². The van der Waals surface area contributed by atoms with Crippen LogP contribution in [0, 0.1) is 12.7 Å². The molecular weight excluding hydrogens is 339 g/mol. The third-order valence-electron chi connectivity index (χ3n) is 4.03. The molecular formula is C18H15FN4OS. The van der Waals surface area contributed by atoms with Gasteiger partial charge < -0.3 is 5.32 Å². The normalized spacial score (nSPS) is 16.9. The SMILES string of the molecule is Cc1nn(-c2ccccn2)c2c1[C@@H](c1cccc(F)c1)SCC(=O)N2. The minimum absolute atomic E-state index is 0.109.